The van der Waals surface area contributed by atoms with E-state index >= 15 is 0 Å². The summed E-state index contributed by atoms with van der Waals surface area (Å²) >= 11 is 0. The Kier molecular flexibility index (Phi) is 4.53. The highest BCUT2D eigenvalue weighted by Crippen LogP contribution is 2.20. The van der Waals surface area contributed by atoms with Gasteiger partial charge in [-0.05, 0) is 13.0 Å². The third-order valence-electron chi connectivity index (χ3n) is 2.69. The second-order valence-electron chi connectivity index (χ2n) is 4.59. The number of rotatable bonds is 6. The Morgan fingerprint density at radius 1 is 1.40 bits per heavy atom. The molecule has 2 rings (SSSR count). The number of carbonyl (C=O) groups is 2. The van der Waals surface area contributed by atoms with Gasteiger partial charge >= 0.3 is 11.9 Å². The van der Waals surface area contributed by atoms with Crippen molar-refractivity contribution in [2.45, 2.75) is 19.4 Å². The molecule has 5 nitrogen and oxygen atoms in total. The Hall–Kier alpha value is -2.14. The summed E-state index contributed by atoms with van der Waals surface area (Å²) in [7, 11) is 0. The van der Waals surface area contributed by atoms with E-state index in [1.165, 1.54) is 0 Å². The summed E-state index contributed by atoms with van der Waals surface area (Å²) in [6.07, 6.45) is 0.0854. The average molecular weight is 276 g/mol. The number of esters is 2. The zero-order chi connectivity index (χ0) is 14.5. The maximum atomic E-state index is 11.7. The lowest BCUT2D eigenvalue weighted by molar-refractivity contribution is -0.143. The third-order valence-corrected chi connectivity index (χ3v) is 2.69. The molecular weight excluding hydrogens is 260 g/mol. The van der Waals surface area contributed by atoms with Crippen molar-refractivity contribution in [3.8, 4) is 5.75 Å². The normalized spacial score (nSPS) is 16.4. The standard InChI is InChI=1S/C15H16O5/c1-10(2)15(17)20-13-6-4-3-5-11(13)7-14(16)19-9-12-8-18-12/h3-6,12H,1,7-9H2,2H3. The fraction of sp³-hybridized carbons (Fsp3) is 0.333. The lowest BCUT2D eigenvalue weighted by Gasteiger charge is -2.09. The molecule has 0 amide bonds. The largest absolute Gasteiger partial charge is 0.463 e. The lowest BCUT2D eigenvalue weighted by Crippen LogP contribution is -2.14. The molecule has 1 unspecified atom stereocenters. The first-order valence-electron chi connectivity index (χ1n) is 6.29. The SMILES string of the molecule is C=C(C)C(=O)Oc1ccccc1CC(=O)OCC1CO1. The molecule has 1 aromatic rings. The minimum atomic E-state index is -0.516. The molecule has 0 N–H and O–H groups in total. The summed E-state index contributed by atoms with van der Waals surface area (Å²) in [6.45, 7) is 5.99. The van der Waals surface area contributed by atoms with Crippen molar-refractivity contribution in [1.29, 1.82) is 0 Å². The Morgan fingerprint density at radius 2 is 2.10 bits per heavy atom. The molecule has 1 aliphatic heterocycles. The highest BCUT2D eigenvalue weighted by atomic mass is 16.6. The van der Waals surface area contributed by atoms with E-state index in [4.69, 9.17) is 14.2 Å². The molecule has 1 saturated heterocycles. The van der Waals surface area contributed by atoms with E-state index in [-0.39, 0.29) is 25.1 Å². The van der Waals surface area contributed by atoms with E-state index in [2.05, 4.69) is 6.58 Å². The van der Waals surface area contributed by atoms with E-state index in [1.807, 2.05) is 0 Å². The third kappa shape index (κ3) is 4.20. The van der Waals surface area contributed by atoms with Crippen LogP contribution in [0.25, 0.3) is 0 Å². The molecule has 0 saturated carbocycles. The highest BCUT2D eigenvalue weighted by molar-refractivity contribution is 5.89. The Bertz CT molecular complexity index is 531. The predicted octanol–water partition coefficient (Wildman–Crippen LogP) is 1.65. The zero-order valence-corrected chi connectivity index (χ0v) is 11.3. The van der Waals surface area contributed by atoms with Crippen LogP contribution >= 0.6 is 0 Å². The summed E-state index contributed by atoms with van der Waals surface area (Å²) in [5, 5.41) is 0. The fourth-order valence-electron chi connectivity index (χ4n) is 1.49. The van der Waals surface area contributed by atoms with Crippen molar-refractivity contribution in [2.24, 2.45) is 0 Å². The van der Waals surface area contributed by atoms with Crippen LogP contribution in [-0.4, -0.2) is 31.3 Å². The van der Waals surface area contributed by atoms with Crippen LogP contribution in [0, 0.1) is 0 Å². The van der Waals surface area contributed by atoms with Gasteiger partial charge in [0.05, 0.1) is 13.0 Å². The number of ether oxygens (including phenoxy) is 3. The van der Waals surface area contributed by atoms with Crippen molar-refractivity contribution >= 4 is 11.9 Å². The molecule has 0 bridgehead atoms. The van der Waals surface area contributed by atoms with Crippen molar-refractivity contribution in [1.82, 2.24) is 0 Å². The number of benzene rings is 1. The van der Waals surface area contributed by atoms with Gasteiger partial charge in [0.2, 0.25) is 0 Å². The molecule has 1 heterocycles. The van der Waals surface area contributed by atoms with Crippen LogP contribution in [0.15, 0.2) is 36.4 Å². The van der Waals surface area contributed by atoms with Gasteiger partial charge in [0.1, 0.15) is 18.5 Å². The van der Waals surface area contributed by atoms with Crippen LogP contribution in [0.2, 0.25) is 0 Å². The quantitative estimate of drug-likeness (QED) is 0.342. The molecule has 1 aliphatic rings. The number of carbonyl (C=O) groups excluding carboxylic acids is 2. The second-order valence-corrected chi connectivity index (χ2v) is 4.59. The monoisotopic (exact) mass is 276 g/mol. The molecule has 0 aliphatic carbocycles. The van der Waals surface area contributed by atoms with Crippen LogP contribution in [0.5, 0.6) is 5.75 Å². The van der Waals surface area contributed by atoms with Crippen LogP contribution in [0.1, 0.15) is 12.5 Å². The predicted molar refractivity (Wildman–Crippen MR) is 71.3 cm³/mol. The first-order chi connectivity index (χ1) is 9.56. The molecular formula is C15H16O5. The molecule has 0 aromatic heterocycles. The smallest absolute Gasteiger partial charge is 0.338 e. The molecule has 20 heavy (non-hydrogen) atoms. The average Bonchev–Trinajstić information content (AvgIpc) is 3.22. The van der Waals surface area contributed by atoms with Crippen LogP contribution < -0.4 is 4.74 Å². The van der Waals surface area contributed by atoms with Gasteiger partial charge in [0.25, 0.3) is 0 Å². The molecule has 0 spiro atoms. The van der Waals surface area contributed by atoms with Gasteiger partial charge in [0.15, 0.2) is 0 Å². The van der Waals surface area contributed by atoms with E-state index in [9.17, 15) is 9.59 Å². The van der Waals surface area contributed by atoms with Crippen molar-refractivity contribution < 1.29 is 23.8 Å². The molecule has 5 heteroatoms. The number of para-hydroxylation sites is 1. The van der Waals surface area contributed by atoms with Gasteiger partial charge in [-0.3, -0.25) is 4.79 Å². The molecule has 1 aromatic carbocycles. The minimum Gasteiger partial charge on any atom is -0.463 e. The molecule has 1 fully saturated rings. The summed E-state index contributed by atoms with van der Waals surface area (Å²) in [5.41, 5.74) is 0.900. The van der Waals surface area contributed by atoms with Crippen molar-refractivity contribution in [3.05, 3.63) is 42.0 Å². The summed E-state index contributed by atoms with van der Waals surface area (Å²) in [5.74, 6) is -0.545. The molecule has 0 radical (unpaired) electrons. The van der Waals surface area contributed by atoms with E-state index in [1.54, 1.807) is 31.2 Å². The van der Waals surface area contributed by atoms with Crippen LogP contribution in [0.3, 0.4) is 0 Å². The number of hydrogen-bond acceptors (Lipinski definition) is 5. The van der Waals surface area contributed by atoms with Crippen LogP contribution in [-0.2, 0) is 25.5 Å². The van der Waals surface area contributed by atoms with Gasteiger partial charge in [-0.2, -0.15) is 0 Å². The van der Waals surface area contributed by atoms with Gasteiger partial charge in [-0.1, -0.05) is 24.8 Å². The van der Waals surface area contributed by atoms with Gasteiger partial charge < -0.3 is 14.2 Å². The Balaban J connectivity index is 1.97. The lowest BCUT2D eigenvalue weighted by atomic mass is 10.1. The maximum Gasteiger partial charge on any atom is 0.338 e. The van der Waals surface area contributed by atoms with Crippen molar-refractivity contribution in [2.75, 3.05) is 13.2 Å². The first-order valence-corrected chi connectivity index (χ1v) is 6.29. The van der Waals surface area contributed by atoms with Crippen molar-refractivity contribution in [3.63, 3.8) is 0 Å². The second kappa shape index (κ2) is 6.34. The topological polar surface area (TPSA) is 65.1 Å². The Morgan fingerprint density at radius 3 is 2.75 bits per heavy atom. The maximum absolute atomic E-state index is 11.7. The number of epoxide rings is 1. The van der Waals surface area contributed by atoms with E-state index in [0.29, 0.717) is 23.5 Å². The van der Waals surface area contributed by atoms with E-state index < -0.39 is 5.97 Å². The minimum absolute atomic E-state index is 0.0374. The van der Waals surface area contributed by atoms with E-state index in [0.717, 1.165) is 0 Å². The summed E-state index contributed by atoms with van der Waals surface area (Å²) < 4.78 is 15.2. The molecule has 106 valence electrons. The fourth-order valence-corrected chi connectivity index (χ4v) is 1.49. The highest BCUT2D eigenvalue weighted by Gasteiger charge is 2.24. The summed E-state index contributed by atoms with van der Waals surface area (Å²) in [4.78, 5) is 23.2. The zero-order valence-electron chi connectivity index (χ0n) is 11.3. The van der Waals surface area contributed by atoms with Gasteiger partial charge in [-0.15, -0.1) is 0 Å². The number of hydrogen-bond donors (Lipinski definition) is 0. The van der Waals surface area contributed by atoms with Gasteiger partial charge in [0, 0.05) is 11.1 Å². The Labute approximate surface area is 117 Å². The first kappa shape index (κ1) is 14.3. The van der Waals surface area contributed by atoms with Crippen LogP contribution in [0.4, 0.5) is 0 Å². The van der Waals surface area contributed by atoms with Gasteiger partial charge in [-0.25, -0.2) is 4.79 Å². The molecule has 1 atom stereocenters. The summed E-state index contributed by atoms with van der Waals surface area (Å²) in [6, 6.07) is 6.85.